The van der Waals surface area contributed by atoms with Crippen LogP contribution in [0, 0.1) is 0 Å². The Bertz CT molecular complexity index is 321. The van der Waals surface area contributed by atoms with E-state index >= 15 is 0 Å². The first-order chi connectivity index (χ1) is 10.2. The Morgan fingerprint density at radius 3 is 1.95 bits per heavy atom. The molecule has 0 amide bonds. The van der Waals surface area contributed by atoms with Gasteiger partial charge in [0, 0.05) is 12.2 Å². The van der Waals surface area contributed by atoms with Crippen molar-refractivity contribution in [2.75, 3.05) is 13.2 Å². The average molecular weight is 296 g/mol. The van der Waals surface area contributed by atoms with Crippen molar-refractivity contribution in [3.8, 4) is 0 Å². The summed E-state index contributed by atoms with van der Waals surface area (Å²) in [5.41, 5.74) is 0. The number of esters is 2. The number of ether oxygens (including phenoxy) is 2. The quantitative estimate of drug-likeness (QED) is 0.223. The van der Waals surface area contributed by atoms with Crippen LogP contribution in [0.2, 0.25) is 0 Å². The standard InChI is InChI=1S/C17H28O4/c1-3-5-7-8-9-11-15-21-17(19)13-12-16(18)20-14-10-6-4-2/h4,12-13H,2-3,5-11,14-15H2,1H3/b13-12+. The number of carbonyl (C=O) groups is 2. The molecule has 0 aromatic rings. The lowest BCUT2D eigenvalue weighted by molar-refractivity contribution is -0.140. The molecule has 0 saturated carbocycles. The SMILES string of the molecule is C=CCCCOC(=O)/C=C/C(=O)OCCCCCCCC. The molecule has 0 unspecified atom stereocenters. The van der Waals surface area contributed by atoms with Crippen molar-refractivity contribution in [2.45, 2.75) is 58.3 Å². The molecule has 0 atom stereocenters. The summed E-state index contributed by atoms with van der Waals surface area (Å²) < 4.78 is 9.89. The molecule has 0 spiro atoms. The van der Waals surface area contributed by atoms with E-state index in [0.717, 1.165) is 37.8 Å². The van der Waals surface area contributed by atoms with Gasteiger partial charge in [0.1, 0.15) is 0 Å². The molecule has 21 heavy (non-hydrogen) atoms. The van der Waals surface area contributed by atoms with Crippen molar-refractivity contribution in [1.29, 1.82) is 0 Å². The molecule has 0 aliphatic rings. The predicted octanol–water partition coefficient (Wildman–Crippen LogP) is 3.96. The lowest BCUT2D eigenvalue weighted by Gasteiger charge is -2.02. The number of allylic oxidation sites excluding steroid dienone is 1. The Morgan fingerprint density at radius 2 is 1.38 bits per heavy atom. The molecule has 0 fully saturated rings. The van der Waals surface area contributed by atoms with Crippen LogP contribution in [0.15, 0.2) is 24.8 Å². The topological polar surface area (TPSA) is 52.6 Å². The molecule has 4 nitrogen and oxygen atoms in total. The largest absolute Gasteiger partial charge is 0.463 e. The van der Waals surface area contributed by atoms with Crippen LogP contribution >= 0.6 is 0 Å². The maximum Gasteiger partial charge on any atom is 0.331 e. The van der Waals surface area contributed by atoms with E-state index in [4.69, 9.17) is 9.47 Å². The van der Waals surface area contributed by atoms with Crippen LogP contribution in [-0.4, -0.2) is 25.2 Å². The zero-order valence-electron chi connectivity index (χ0n) is 13.1. The third-order valence-corrected chi connectivity index (χ3v) is 2.89. The second-order valence-electron chi connectivity index (χ2n) is 4.87. The second kappa shape index (κ2) is 14.8. The highest BCUT2D eigenvalue weighted by atomic mass is 16.5. The number of hydrogen-bond donors (Lipinski definition) is 0. The molecular weight excluding hydrogens is 268 g/mol. The summed E-state index contributed by atoms with van der Waals surface area (Å²) >= 11 is 0. The zero-order chi connectivity index (χ0) is 15.8. The Balaban J connectivity index is 3.52. The van der Waals surface area contributed by atoms with Crippen molar-refractivity contribution in [3.05, 3.63) is 24.8 Å². The first-order valence-electron chi connectivity index (χ1n) is 7.83. The first kappa shape index (κ1) is 19.4. The van der Waals surface area contributed by atoms with E-state index in [2.05, 4.69) is 13.5 Å². The van der Waals surface area contributed by atoms with E-state index in [0.29, 0.717) is 13.2 Å². The zero-order valence-corrected chi connectivity index (χ0v) is 13.1. The second-order valence-corrected chi connectivity index (χ2v) is 4.87. The fraction of sp³-hybridized carbons (Fsp3) is 0.647. The minimum Gasteiger partial charge on any atom is -0.463 e. The molecule has 0 bridgehead atoms. The summed E-state index contributed by atoms with van der Waals surface area (Å²) in [6.07, 6.45) is 12.4. The molecule has 0 saturated heterocycles. The maximum atomic E-state index is 11.3. The fourth-order valence-electron chi connectivity index (χ4n) is 1.69. The van der Waals surface area contributed by atoms with Gasteiger partial charge in [-0.1, -0.05) is 45.1 Å². The van der Waals surface area contributed by atoms with Crippen LogP contribution in [0.25, 0.3) is 0 Å². The van der Waals surface area contributed by atoms with Crippen LogP contribution in [-0.2, 0) is 19.1 Å². The van der Waals surface area contributed by atoms with Gasteiger partial charge < -0.3 is 9.47 Å². The van der Waals surface area contributed by atoms with Crippen molar-refractivity contribution in [2.24, 2.45) is 0 Å². The fourth-order valence-corrected chi connectivity index (χ4v) is 1.69. The van der Waals surface area contributed by atoms with Gasteiger partial charge in [-0.2, -0.15) is 0 Å². The van der Waals surface area contributed by atoms with Crippen LogP contribution < -0.4 is 0 Å². The highest BCUT2D eigenvalue weighted by molar-refractivity contribution is 5.91. The molecular formula is C17H28O4. The van der Waals surface area contributed by atoms with E-state index in [9.17, 15) is 9.59 Å². The highest BCUT2D eigenvalue weighted by Crippen LogP contribution is 2.05. The smallest absolute Gasteiger partial charge is 0.331 e. The van der Waals surface area contributed by atoms with Crippen LogP contribution in [0.4, 0.5) is 0 Å². The third-order valence-electron chi connectivity index (χ3n) is 2.89. The van der Waals surface area contributed by atoms with Crippen LogP contribution in [0.1, 0.15) is 58.3 Å². The molecule has 0 aromatic heterocycles. The lowest BCUT2D eigenvalue weighted by atomic mass is 10.1. The van der Waals surface area contributed by atoms with Gasteiger partial charge in [0.25, 0.3) is 0 Å². The Hall–Kier alpha value is -1.58. The van der Waals surface area contributed by atoms with E-state index in [1.807, 2.05) is 0 Å². The molecule has 0 aliphatic carbocycles. The summed E-state index contributed by atoms with van der Waals surface area (Å²) in [5, 5.41) is 0. The van der Waals surface area contributed by atoms with E-state index in [1.54, 1.807) is 6.08 Å². The van der Waals surface area contributed by atoms with Gasteiger partial charge in [0.15, 0.2) is 0 Å². The van der Waals surface area contributed by atoms with Gasteiger partial charge >= 0.3 is 11.9 Å². The number of unbranched alkanes of at least 4 members (excludes halogenated alkanes) is 6. The predicted molar refractivity (Wildman–Crippen MR) is 83.9 cm³/mol. The maximum absolute atomic E-state index is 11.3. The molecule has 0 heterocycles. The van der Waals surface area contributed by atoms with E-state index < -0.39 is 11.9 Å². The Kier molecular flexibility index (Phi) is 13.7. The lowest BCUT2D eigenvalue weighted by Crippen LogP contribution is -2.06. The minimum absolute atomic E-state index is 0.335. The summed E-state index contributed by atoms with van der Waals surface area (Å²) in [5.74, 6) is -1.01. The van der Waals surface area contributed by atoms with Crippen molar-refractivity contribution in [1.82, 2.24) is 0 Å². The summed E-state index contributed by atoms with van der Waals surface area (Å²) in [6, 6.07) is 0. The first-order valence-corrected chi connectivity index (χ1v) is 7.83. The number of carbonyl (C=O) groups excluding carboxylic acids is 2. The van der Waals surface area contributed by atoms with Gasteiger partial charge in [0.05, 0.1) is 13.2 Å². The van der Waals surface area contributed by atoms with Gasteiger partial charge in [-0.25, -0.2) is 9.59 Å². The monoisotopic (exact) mass is 296 g/mol. The van der Waals surface area contributed by atoms with Gasteiger partial charge in [-0.15, -0.1) is 6.58 Å². The molecule has 0 radical (unpaired) electrons. The van der Waals surface area contributed by atoms with Crippen LogP contribution in [0.5, 0.6) is 0 Å². The van der Waals surface area contributed by atoms with Gasteiger partial charge in [-0.3, -0.25) is 0 Å². The molecule has 120 valence electrons. The van der Waals surface area contributed by atoms with Crippen LogP contribution in [0.3, 0.4) is 0 Å². The minimum atomic E-state index is -0.518. The van der Waals surface area contributed by atoms with Gasteiger partial charge in [0.2, 0.25) is 0 Å². The Morgan fingerprint density at radius 1 is 0.857 bits per heavy atom. The third kappa shape index (κ3) is 14.6. The summed E-state index contributed by atoms with van der Waals surface area (Å²) in [7, 11) is 0. The molecule has 0 N–H and O–H groups in total. The number of rotatable bonds is 13. The van der Waals surface area contributed by atoms with Crippen molar-refractivity contribution in [3.63, 3.8) is 0 Å². The van der Waals surface area contributed by atoms with Gasteiger partial charge in [-0.05, 0) is 19.3 Å². The summed E-state index contributed by atoms with van der Waals surface area (Å²) in [6.45, 7) is 6.50. The van der Waals surface area contributed by atoms with Crippen molar-refractivity contribution < 1.29 is 19.1 Å². The normalized spacial score (nSPS) is 10.5. The number of hydrogen-bond acceptors (Lipinski definition) is 4. The summed E-state index contributed by atoms with van der Waals surface area (Å²) in [4.78, 5) is 22.6. The average Bonchev–Trinajstić information content (AvgIpc) is 2.48. The highest BCUT2D eigenvalue weighted by Gasteiger charge is 2.00. The van der Waals surface area contributed by atoms with E-state index in [-0.39, 0.29) is 0 Å². The molecule has 0 aromatic carbocycles. The molecule has 4 heteroatoms. The molecule has 0 aliphatic heterocycles. The Labute approximate surface area is 128 Å². The molecule has 0 rings (SSSR count). The van der Waals surface area contributed by atoms with Crippen molar-refractivity contribution >= 4 is 11.9 Å². The van der Waals surface area contributed by atoms with E-state index in [1.165, 1.54) is 25.7 Å².